The van der Waals surface area contributed by atoms with Gasteiger partial charge in [-0.25, -0.2) is 4.98 Å². The van der Waals surface area contributed by atoms with Crippen molar-refractivity contribution in [2.75, 3.05) is 0 Å². The Morgan fingerprint density at radius 3 is 1.98 bits per heavy atom. The Labute approximate surface area is 364 Å². The SMILES string of the molecule is [B]c1c([B])c(O)c([B])c(-c2nc(-c3cccc(C4=CCC(C)C=C4)c3)nc(-n3c4ccccc4c4ccc5c6ccccc6n(C6=CC(c7ccccc7)CC=C6)c5c43)n2)c1[B]. The Morgan fingerprint density at radius 1 is 0.597 bits per heavy atom. The summed E-state index contributed by atoms with van der Waals surface area (Å²) in [6.07, 6.45) is 15.4. The molecule has 1 N–H and O–H groups in total. The predicted molar refractivity (Wildman–Crippen MR) is 259 cm³/mol. The minimum absolute atomic E-state index is 0.00633. The number of benzene rings is 6. The number of rotatable bonds is 6. The summed E-state index contributed by atoms with van der Waals surface area (Å²) in [5, 5.41) is 15.4. The molecule has 2 unspecified atom stereocenters. The topological polar surface area (TPSA) is 68.8 Å². The van der Waals surface area contributed by atoms with Gasteiger partial charge in [0.1, 0.15) is 37.1 Å². The Balaban J connectivity index is 1.24. The van der Waals surface area contributed by atoms with Gasteiger partial charge in [-0.1, -0.05) is 145 Å². The highest BCUT2D eigenvalue weighted by atomic mass is 16.3. The van der Waals surface area contributed by atoms with Crippen LogP contribution >= 0.6 is 0 Å². The molecule has 10 heteroatoms. The summed E-state index contributed by atoms with van der Waals surface area (Å²) in [6, 6.07) is 40.1. The molecule has 0 aliphatic heterocycles. The number of allylic oxidation sites excluding steroid dienone is 8. The van der Waals surface area contributed by atoms with E-state index in [9.17, 15) is 5.11 Å². The smallest absolute Gasteiger partial charge is 0.238 e. The molecule has 11 rings (SSSR count). The Kier molecular flexibility index (Phi) is 9.08. The fraction of sp³-hybridized carbons (Fsp3) is 0.0962. The first-order valence-corrected chi connectivity index (χ1v) is 20.8. The molecule has 0 bridgehead atoms. The first kappa shape index (κ1) is 37.9. The fourth-order valence-electron chi connectivity index (χ4n) is 9.27. The van der Waals surface area contributed by atoms with E-state index >= 15 is 0 Å². The lowest BCUT2D eigenvalue weighted by Crippen LogP contribution is -2.44. The first-order chi connectivity index (χ1) is 30.2. The second kappa shape index (κ2) is 14.8. The number of para-hydroxylation sites is 2. The van der Waals surface area contributed by atoms with Crippen LogP contribution in [0, 0.1) is 5.92 Å². The van der Waals surface area contributed by atoms with Crippen LogP contribution in [0.15, 0.2) is 152 Å². The summed E-state index contributed by atoms with van der Waals surface area (Å²) in [6.45, 7) is 2.21. The molecule has 6 aromatic carbocycles. The number of aromatic nitrogens is 5. The van der Waals surface area contributed by atoms with E-state index in [4.69, 9.17) is 46.3 Å². The zero-order valence-corrected chi connectivity index (χ0v) is 34.0. The van der Waals surface area contributed by atoms with E-state index in [0.717, 1.165) is 78.9 Å². The number of hydrogen-bond acceptors (Lipinski definition) is 4. The van der Waals surface area contributed by atoms with Crippen LogP contribution in [0.4, 0.5) is 0 Å². The number of phenolic OH excluding ortho intramolecular Hbond substituents is 1. The molecule has 9 aromatic rings. The number of aromatic hydroxyl groups is 1. The van der Waals surface area contributed by atoms with E-state index in [-0.39, 0.29) is 44.9 Å². The Morgan fingerprint density at radius 2 is 1.26 bits per heavy atom. The van der Waals surface area contributed by atoms with Crippen molar-refractivity contribution >= 4 is 108 Å². The lowest BCUT2D eigenvalue weighted by atomic mass is 9.66. The third kappa shape index (κ3) is 6.03. The van der Waals surface area contributed by atoms with E-state index in [2.05, 4.69) is 150 Å². The normalized spacial score (nSPS) is 16.4. The maximum absolute atomic E-state index is 11.1. The molecule has 2 aliphatic rings. The van der Waals surface area contributed by atoms with Gasteiger partial charge in [-0.05, 0) is 65.2 Å². The van der Waals surface area contributed by atoms with Gasteiger partial charge in [0.25, 0.3) is 0 Å². The zero-order chi connectivity index (χ0) is 42.2. The summed E-state index contributed by atoms with van der Waals surface area (Å²) in [5.74, 6) is 1.15. The van der Waals surface area contributed by atoms with Gasteiger partial charge in [-0.3, -0.25) is 4.57 Å². The molecule has 8 radical (unpaired) electrons. The van der Waals surface area contributed by atoms with Crippen LogP contribution in [-0.2, 0) is 0 Å². The average molecular weight is 789 g/mol. The molecule has 0 amide bonds. The number of fused-ring (bicyclic) bond motifs is 7. The summed E-state index contributed by atoms with van der Waals surface area (Å²) in [5.41, 5.74) is 9.21. The third-order valence-electron chi connectivity index (χ3n) is 12.4. The van der Waals surface area contributed by atoms with Gasteiger partial charge in [0.2, 0.25) is 5.95 Å². The Hall–Kier alpha value is -7.05. The standard InChI is InChI=1S/C52H35B4N5O/c1-29-21-23-31(24-22-29)32-13-9-15-34(27-32)50-57-51(42-43(53)45(55)46(56)49(62)44(42)54)59-52(58-50)61-41-20-8-6-18-37(41)39-26-25-38-36-17-5-7-19-40(36)60(47(38)48(39)61)35-16-10-14-33(28-35)30-11-3-2-4-12-30/h2-13,15-21,23-29,33,62H,14,22H2,1H3. The van der Waals surface area contributed by atoms with Gasteiger partial charge in [0.05, 0.1) is 22.1 Å². The summed E-state index contributed by atoms with van der Waals surface area (Å²) in [7, 11) is 25.9. The fourth-order valence-corrected chi connectivity index (χ4v) is 9.27. The van der Waals surface area contributed by atoms with Crippen molar-refractivity contribution in [3.8, 4) is 34.5 Å². The summed E-state index contributed by atoms with van der Waals surface area (Å²) in [4.78, 5) is 15.5. The van der Waals surface area contributed by atoms with E-state index in [1.165, 1.54) is 5.56 Å². The predicted octanol–water partition coefficient (Wildman–Crippen LogP) is 7.86. The molecular formula is C52H35B4N5O. The molecule has 3 heterocycles. The zero-order valence-electron chi connectivity index (χ0n) is 34.0. The van der Waals surface area contributed by atoms with E-state index in [1.54, 1.807) is 0 Å². The maximum Gasteiger partial charge on any atom is 0.238 e. The van der Waals surface area contributed by atoms with Crippen LogP contribution in [-0.4, -0.2) is 60.6 Å². The van der Waals surface area contributed by atoms with Gasteiger partial charge in [-0.15, -0.1) is 5.46 Å². The van der Waals surface area contributed by atoms with Crippen LogP contribution in [0.5, 0.6) is 5.75 Å². The Bertz CT molecular complexity index is 3420. The molecular weight excluding hydrogens is 754 g/mol. The lowest BCUT2D eigenvalue weighted by Gasteiger charge is -2.20. The van der Waals surface area contributed by atoms with Crippen LogP contribution in [0.2, 0.25) is 0 Å². The quantitative estimate of drug-likeness (QED) is 0.175. The molecule has 0 saturated carbocycles. The molecule has 3 aromatic heterocycles. The van der Waals surface area contributed by atoms with Gasteiger partial charge < -0.3 is 9.67 Å². The minimum Gasteiger partial charge on any atom is -0.509 e. The molecule has 0 saturated heterocycles. The van der Waals surface area contributed by atoms with Crippen LogP contribution < -0.4 is 21.9 Å². The number of hydrogen-bond donors (Lipinski definition) is 1. The molecule has 6 nitrogen and oxygen atoms in total. The van der Waals surface area contributed by atoms with Gasteiger partial charge >= 0.3 is 0 Å². The van der Waals surface area contributed by atoms with Crippen molar-refractivity contribution in [2.45, 2.75) is 25.7 Å². The molecule has 286 valence electrons. The van der Waals surface area contributed by atoms with Crippen molar-refractivity contribution in [3.05, 3.63) is 163 Å². The third-order valence-corrected chi connectivity index (χ3v) is 12.4. The summed E-state index contributed by atoms with van der Waals surface area (Å²) < 4.78 is 4.49. The molecule has 2 aliphatic carbocycles. The van der Waals surface area contributed by atoms with Crippen molar-refractivity contribution in [1.29, 1.82) is 0 Å². The highest BCUT2D eigenvalue weighted by Gasteiger charge is 2.26. The van der Waals surface area contributed by atoms with E-state index < -0.39 is 0 Å². The second-order valence-corrected chi connectivity index (χ2v) is 16.3. The average Bonchev–Trinajstić information content (AvgIpc) is 3.84. The number of phenols is 1. The van der Waals surface area contributed by atoms with E-state index in [0.29, 0.717) is 17.7 Å². The van der Waals surface area contributed by atoms with Crippen LogP contribution in [0.3, 0.4) is 0 Å². The van der Waals surface area contributed by atoms with Crippen molar-refractivity contribution in [1.82, 2.24) is 24.1 Å². The van der Waals surface area contributed by atoms with Gasteiger partial charge in [-0.2, -0.15) is 9.97 Å². The number of nitrogens with zero attached hydrogens (tertiary/aromatic N) is 5. The minimum atomic E-state index is -0.381. The van der Waals surface area contributed by atoms with Crippen molar-refractivity contribution in [2.24, 2.45) is 5.92 Å². The van der Waals surface area contributed by atoms with Crippen molar-refractivity contribution < 1.29 is 5.11 Å². The second-order valence-electron chi connectivity index (χ2n) is 16.3. The molecule has 0 fully saturated rings. The van der Waals surface area contributed by atoms with E-state index in [1.807, 2.05) is 18.2 Å². The monoisotopic (exact) mass is 789 g/mol. The molecule has 62 heavy (non-hydrogen) atoms. The highest BCUT2D eigenvalue weighted by molar-refractivity contribution is 6.62. The van der Waals surface area contributed by atoms with Crippen LogP contribution in [0.1, 0.15) is 36.8 Å². The van der Waals surface area contributed by atoms with Gasteiger partial charge in [0, 0.05) is 44.3 Å². The van der Waals surface area contributed by atoms with Crippen molar-refractivity contribution in [3.63, 3.8) is 0 Å². The molecule has 2 atom stereocenters. The lowest BCUT2D eigenvalue weighted by molar-refractivity contribution is 0.484. The van der Waals surface area contributed by atoms with Crippen LogP contribution in [0.25, 0.3) is 83.6 Å². The molecule has 0 spiro atoms. The first-order valence-electron chi connectivity index (χ1n) is 20.8. The largest absolute Gasteiger partial charge is 0.509 e. The van der Waals surface area contributed by atoms with Gasteiger partial charge in [0.15, 0.2) is 11.6 Å². The highest BCUT2D eigenvalue weighted by Crippen LogP contribution is 2.43. The summed E-state index contributed by atoms with van der Waals surface area (Å²) >= 11 is 0. The maximum atomic E-state index is 11.1.